The van der Waals surface area contributed by atoms with E-state index in [0.717, 1.165) is 12.8 Å². The molecule has 0 bridgehead atoms. The van der Waals surface area contributed by atoms with E-state index in [0.29, 0.717) is 24.2 Å². The second-order valence-corrected chi connectivity index (χ2v) is 5.72. The normalized spacial score (nSPS) is 14.2. The van der Waals surface area contributed by atoms with E-state index >= 15 is 0 Å². The van der Waals surface area contributed by atoms with Gasteiger partial charge in [0.15, 0.2) is 0 Å². The highest BCUT2D eigenvalue weighted by Gasteiger charge is 2.26. The molecule has 0 unspecified atom stereocenters. The van der Waals surface area contributed by atoms with Crippen molar-refractivity contribution in [1.82, 2.24) is 9.80 Å². The SMILES string of the molecule is CC.COC(=O)c1ccc(C(=O)N(C)C2CCN(C(C)=O)CC2)cc1. The lowest BCUT2D eigenvalue weighted by atomic mass is 10.0. The van der Waals surface area contributed by atoms with Crippen LogP contribution in [0.4, 0.5) is 0 Å². The number of piperidine rings is 1. The average Bonchev–Trinajstić information content (AvgIpc) is 2.68. The molecule has 1 saturated heterocycles. The molecule has 2 amide bonds. The number of carbonyl (C=O) groups is 3. The van der Waals surface area contributed by atoms with E-state index in [-0.39, 0.29) is 17.9 Å². The number of hydrogen-bond acceptors (Lipinski definition) is 4. The van der Waals surface area contributed by atoms with Crippen molar-refractivity contribution in [3.05, 3.63) is 35.4 Å². The van der Waals surface area contributed by atoms with E-state index in [1.165, 1.54) is 7.11 Å². The van der Waals surface area contributed by atoms with Crippen LogP contribution in [0.15, 0.2) is 24.3 Å². The molecule has 1 heterocycles. The Balaban J connectivity index is 0.00000151. The maximum atomic E-state index is 12.5. The Kier molecular flexibility index (Phi) is 8.11. The predicted octanol–water partition coefficient (Wildman–Crippen LogP) is 2.58. The molecule has 0 aliphatic carbocycles. The number of amides is 2. The quantitative estimate of drug-likeness (QED) is 0.788. The minimum atomic E-state index is -0.422. The average molecular weight is 348 g/mol. The van der Waals surface area contributed by atoms with Gasteiger partial charge in [0.2, 0.25) is 5.91 Å². The first-order chi connectivity index (χ1) is 11.9. The molecule has 1 aromatic carbocycles. The summed E-state index contributed by atoms with van der Waals surface area (Å²) in [6, 6.07) is 6.57. The van der Waals surface area contributed by atoms with Crippen LogP contribution in [0.25, 0.3) is 0 Å². The van der Waals surface area contributed by atoms with Crippen LogP contribution in [0.5, 0.6) is 0 Å². The van der Waals surface area contributed by atoms with Crippen molar-refractivity contribution in [2.75, 3.05) is 27.2 Å². The van der Waals surface area contributed by atoms with Crippen LogP contribution in [0.1, 0.15) is 54.3 Å². The van der Waals surface area contributed by atoms with Gasteiger partial charge in [0.1, 0.15) is 0 Å². The van der Waals surface area contributed by atoms with Crippen molar-refractivity contribution in [2.24, 2.45) is 0 Å². The third kappa shape index (κ3) is 5.31. The Bertz CT molecular complexity index is 590. The van der Waals surface area contributed by atoms with E-state index < -0.39 is 5.97 Å². The highest BCUT2D eigenvalue weighted by Crippen LogP contribution is 2.18. The minimum Gasteiger partial charge on any atom is -0.465 e. The second kappa shape index (κ2) is 9.81. The molecule has 138 valence electrons. The Morgan fingerprint density at radius 3 is 1.96 bits per heavy atom. The summed E-state index contributed by atoms with van der Waals surface area (Å²) in [5, 5.41) is 0. The number of rotatable bonds is 3. The Labute approximate surface area is 149 Å². The first-order valence-corrected chi connectivity index (χ1v) is 8.65. The third-order valence-corrected chi connectivity index (χ3v) is 4.33. The lowest BCUT2D eigenvalue weighted by molar-refractivity contribution is -0.130. The van der Waals surface area contributed by atoms with Gasteiger partial charge in [-0.25, -0.2) is 4.79 Å². The predicted molar refractivity (Wildman–Crippen MR) is 96.5 cm³/mol. The van der Waals surface area contributed by atoms with Crippen molar-refractivity contribution in [3.63, 3.8) is 0 Å². The molecule has 1 aliphatic heterocycles. The van der Waals surface area contributed by atoms with Crippen LogP contribution < -0.4 is 0 Å². The Morgan fingerprint density at radius 2 is 1.52 bits per heavy atom. The van der Waals surface area contributed by atoms with Crippen molar-refractivity contribution < 1.29 is 19.1 Å². The molecule has 0 spiro atoms. The fourth-order valence-corrected chi connectivity index (χ4v) is 2.80. The highest BCUT2D eigenvalue weighted by atomic mass is 16.5. The van der Waals surface area contributed by atoms with Gasteiger partial charge < -0.3 is 14.5 Å². The highest BCUT2D eigenvalue weighted by molar-refractivity contribution is 5.96. The zero-order valence-electron chi connectivity index (χ0n) is 15.7. The summed E-state index contributed by atoms with van der Waals surface area (Å²) in [7, 11) is 3.10. The zero-order chi connectivity index (χ0) is 19.0. The van der Waals surface area contributed by atoms with Gasteiger partial charge in [-0.3, -0.25) is 9.59 Å². The number of ether oxygens (including phenoxy) is 1. The Morgan fingerprint density at radius 1 is 1.04 bits per heavy atom. The molecule has 0 radical (unpaired) electrons. The number of benzene rings is 1. The van der Waals surface area contributed by atoms with Gasteiger partial charge in [-0.1, -0.05) is 13.8 Å². The molecule has 1 fully saturated rings. The zero-order valence-corrected chi connectivity index (χ0v) is 15.7. The molecule has 1 aromatic rings. The van der Waals surface area contributed by atoms with Crippen LogP contribution in [0.3, 0.4) is 0 Å². The van der Waals surface area contributed by atoms with E-state index in [9.17, 15) is 14.4 Å². The van der Waals surface area contributed by atoms with Gasteiger partial charge in [0.05, 0.1) is 12.7 Å². The molecular weight excluding hydrogens is 320 g/mol. The summed E-state index contributed by atoms with van der Waals surface area (Å²) in [5.41, 5.74) is 0.954. The van der Waals surface area contributed by atoms with Gasteiger partial charge in [0, 0.05) is 38.7 Å². The van der Waals surface area contributed by atoms with Crippen molar-refractivity contribution in [3.8, 4) is 0 Å². The fraction of sp³-hybridized carbons (Fsp3) is 0.526. The van der Waals surface area contributed by atoms with Crippen molar-refractivity contribution in [1.29, 1.82) is 0 Å². The summed E-state index contributed by atoms with van der Waals surface area (Å²) < 4.78 is 4.64. The number of carbonyl (C=O) groups excluding carboxylic acids is 3. The molecule has 6 heteroatoms. The van der Waals surface area contributed by atoms with Crippen LogP contribution >= 0.6 is 0 Å². The monoisotopic (exact) mass is 348 g/mol. The number of hydrogen-bond donors (Lipinski definition) is 0. The molecule has 2 rings (SSSR count). The molecule has 6 nitrogen and oxygen atoms in total. The maximum Gasteiger partial charge on any atom is 0.337 e. The largest absolute Gasteiger partial charge is 0.465 e. The smallest absolute Gasteiger partial charge is 0.337 e. The number of likely N-dealkylation sites (tertiary alicyclic amines) is 1. The molecule has 25 heavy (non-hydrogen) atoms. The molecular formula is C19H28N2O4. The van der Waals surface area contributed by atoms with E-state index in [1.807, 2.05) is 13.8 Å². The summed E-state index contributed by atoms with van der Waals surface area (Å²) in [6.07, 6.45) is 1.56. The molecule has 0 aromatic heterocycles. The first kappa shape index (κ1) is 20.7. The standard InChI is InChI=1S/C17H22N2O4.C2H6/c1-12(20)19-10-8-15(9-11-19)18(2)16(21)13-4-6-14(7-5-13)17(22)23-3;1-2/h4-7,15H,8-11H2,1-3H3;1-2H3. The lowest BCUT2D eigenvalue weighted by Gasteiger charge is -2.36. The van der Waals surface area contributed by atoms with Crippen LogP contribution in [-0.4, -0.2) is 60.9 Å². The fourth-order valence-electron chi connectivity index (χ4n) is 2.80. The van der Waals surface area contributed by atoms with E-state index in [4.69, 9.17) is 0 Å². The van der Waals surface area contributed by atoms with E-state index in [2.05, 4.69) is 4.74 Å². The maximum absolute atomic E-state index is 12.5. The second-order valence-electron chi connectivity index (χ2n) is 5.72. The third-order valence-electron chi connectivity index (χ3n) is 4.33. The molecule has 0 N–H and O–H groups in total. The van der Waals surface area contributed by atoms with Gasteiger partial charge in [0.25, 0.3) is 5.91 Å². The van der Waals surface area contributed by atoms with Gasteiger partial charge >= 0.3 is 5.97 Å². The number of nitrogens with zero attached hydrogens (tertiary/aromatic N) is 2. The van der Waals surface area contributed by atoms with Gasteiger partial charge in [-0.2, -0.15) is 0 Å². The van der Waals surface area contributed by atoms with Crippen LogP contribution in [0.2, 0.25) is 0 Å². The van der Waals surface area contributed by atoms with Crippen molar-refractivity contribution >= 4 is 17.8 Å². The van der Waals surface area contributed by atoms with Gasteiger partial charge in [-0.15, -0.1) is 0 Å². The molecule has 0 atom stereocenters. The summed E-state index contributed by atoms with van der Waals surface area (Å²) >= 11 is 0. The number of methoxy groups -OCH3 is 1. The summed E-state index contributed by atoms with van der Waals surface area (Å²) in [4.78, 5) is 38.8. The van der Waals surface area contributed by atoms with Crippen molar-refractivity contribution in [2.45, 2.75) is 39.7 Å². The summed E-state index contributed by atoms with van der Waals surface area (Å²) in [6.45, 7) is 6.93. The van der Waals surface area contributed by atoms with E-state index in [1.54, 1.807) is 48.0 Å². The van der Waals surface area contributed by atoms with Crippen LogP contribution in [0, 0.1) is 0 Å². The van der Waals surface area contributed by atoms with Gasteiger partial charge in [-0.05, 0) is 37.1 Å². The molecule has 1 aliphatic rings. The number of esters is 1. The van der Waals surface area contributed by atoms with Crippen LogP contribution in [-0.2, 0) is 9.53 Å². The summed E-state index contributed by atoms with van der Waals surface area (Å²) in [5.74, 6) is -0.424. The lowest BCUT2D eigenvalue weighted by Crippen LogP contribution is -2.46. The molecule has 0 saturated carbocycles. The topological polar surface area (TPSA) is 66.9 Å². The Hall–Kier alpha value is -2.37. The minimum absolute atomic E-state index is 0.0795. The first-order valence-electron chi connectivity index (χ1n) is 8.65.